The first kappa shape index (κ1) is 13.3. The number of carboxylic acid groups (broad SMARTS) is 1. The first-order valence-electron chi connectivity index (χ1n) is 4.57. The summed E-state index contributed by atoms with van der Waals surface area (Å²) in [5.41, 5.74) is 0.343. The molecule has 0 aliphatic heterocycles. The standard InChI is InChI=1S/C11H11BrO3S/c1-6(12)10(13)7-4-3-5-8(16-2)9(7)11(14)15/h3-6H,1-2H3,(H,14,15). The van der Waals surface area contributed by atoms with Crippen LogP contribution in [0.5, 0.6) is 0 Å². The molecule has 0 aliphatic carbocycles. The number of carbonyl (C=O) groups excluding carboxylic acids is 1. The van der Waals surface area contributed by atoms with Crippen LogP contribution in [0.3, 0.4) is 0 Å². The van der Waals surface area contributed by atoms with E-state index >= 15 is 0 Å². The number of benzene rings is 1. The van der Waals surface area contributed by atoms with Crippen LogP contribution in [-0.4, -0.2) is 27.9 Å². The Balaban J connectivity index is 3.39. The van der Waals surface area contributed by atoms with Crippen LogP contribution < -0.4 is 0 Å². The fraction of sp³-hybridized carbons (Fsp3) is 0.273. The number of aromatic carboxylic acids is 1. The second kappa shape index (κ2) is 5.50. The number of hydrogen-bond donors (Lipinski definition) is 1. The van der Waals surface area contributed by atoms with Crippen LogP contribution in [0.15, 0.2) is 23.1 Å². The minimum Gasteiger partial charge on any atom is -0.478 e. The number of hydrogen-bond acceptors (Lipinski definition) is 3. The summed E-state index contributed by atoms with van der Waals surface area (Å²) < 4.78 is 0. The molecule has 0 radical (unpaired) electrons. The van der Waals surface area contributed by atoms with Crippen molar-refractivity contribution in [1.82, 2.24) is 0 Å². The van der Waals surface area contributed by atoms with Gasteiger partial charge in [-0.05, 0) is 19.2 Å². The molecule has 0 fully saturated rings. The Bertz CT molecular complexity index is 429. The average Bonchev–Trinajstić information content (AvgIpc) is 2.26. The van der Waals surface area contributed by atoms with Gasteiger partial charge in [-0.1, -0.05) is 28.1 Å². The van der Waals surface area contributed by atoms with Gasteiger partial charge in [0.2, 0.25) is 0 Å². The van der Waals surface area contributed by atoms with Crippen molar-refractivity contribution in [1.29, 1.82) is 0 Å². The molecular weight excluding hydrogens is 292 g/mol. The van der Waals surface area contributed by atoms with Crippen molar-refractivity contribution in [2.45, 2.75) is 16.6 Å². The van der Waals surface area contributed by atoms with Crippen molar-refractivity contribution in [3.63, 3.8) is 0 Å². The highest BCUT2D eigenvalue weighted by atomic mass is 79.9. The fourth-order valence-corrected chi connectivity index (χ4v) is 2.20. The van der Waals surface area contributed by atoms with Crippen LogP contribution in [0, 0.1) is 0 Å². The number of Topliss-reactive ketones (excluding diaryl/α,β-unsaturated/α-hetero) is 1. The molecule has 0 aromatic heterocycles. The van der Waals surface area contributed by atoms with Crippen molar-refractivity contribution in [3.8, 4) is 0 Å². The molecule has 0 saturated carbocycles. The third kappa shape index (κ3) is 2.65. The highest BCUT2D eigenvalue weighted by Crippen LogP contribution is 2.25. The van der Waals surface area contributed by atoms with Crippen LogP contribution in [0.25, 0.3) is 0 Å². The smallest absolute Gasteiger partial charge is 0.337 e. The summed E-state index contributed by atoms with van der Waals surface area (Å²) in [4.78, 5) is 23.2. The quantitative estimate of drug-likeness (QED) is 0.527. The van der Waals surface area contributed by atoms with Crippen molar-refractivity contribution < 1.29 is 14.7 Å². The van der Waals surface area contributed by atoms with Gasteiger partial charge in [-0.25, -0.2) is 4.79 Å². The Morgan fingerprint density at radius 3 is 2.50 bits per heavy atom. The highest BCUT2D eigenvalue weighted by molar-refractivity contribution is 9.10. The summed E-state index contributed by atoms with van der Waals surface area (Å²) in [6.07, 6.45) is 1.79. The van der Waals surface area contributed by atoms with Crippen molar-refractivity contribution >= 4 is 39.4 Å². The maximum Gasteiger partial charge on any atom is 0.337 e. The predicted octanol–water partition coefficient (Wildman–Crippen LogP) is 3.07. The van der Waals surface area contributed by atoms with E-state index in [4.69, 9.17) is 5.11 Å². The molecular formula is C11H11BrO3S. The van der Waals surface area contributed by atoms with Gasteiger partial charge in [0.15, 0.2) is 5.78 Å². The van der Waals surface area contributed by atoms with E-state index < -0.39 is 5.97 Å². The van der Waals surface area contributed by atoms with Gasteiger partial charge in [0.25, 0.3) is 0 Å². The molecule has 1 aromatic carbocycles. The Morgan fingerprint density at radius 1 is 1.44 bits per heavy atom. The topological polar surface area (TPSA) is 54.4 Å². The lowest BCUT2D eigenvalue weighted by Gasteiger charge is -2.10. The molecule has 1 N–H and O–H groups in total. The number of thioether (sulfide) groups is 1. The van der Waals surface area contributed by atoms with Crippen LogP contribution in [0.2, 0.25) is 0 Å². The molecule has 0 heterocycles. The maximum absolute atomic E-state index is 11.8. The number of carboxylic acids is 1. The third-order valence-corrected chi connectivity index (χ3v) is 3.28. The molecule has 1 atom stereocenters. The van der Waals surface area contributed by atoms with Gasteiger partial charge < -0.3 is 5.11 Å². The normalized spacial score (nSPS) is 12.2. The summed E-state index contributed by atoms with van der Waals surface area (Å²) in [5.74, 6) is -1.28. The van der Waals surface area contributed by atoms with E-state index in [1.54, 1.807) is 31.4 Å². The molecule has 0 spiro atoms. The van der Waals surface area contributed by atoms with Crippen molar-refractivity contribution in [3.05, 3.63) is 29.3 Å². The monoisotopic (exact) mass is 302 g/mol. The van der Waals surface area contributed by atoms with Gasteiger partial charge in [-0.2, -0.15) is 0 Å². The molecule has 0 aliphatic rings. The van der Waals surface area contributed by atoms with Crippen molar-refractivity contribution in [2.24, 2.45) is 0 Å². The lowest BCUT2D eigenvalue weighted by Crippen LogP contribution is -2.15. The van der Waals surface area contributed by atoms with Gasteiger partial charge in [-0.15, -0.1) is 11.8 Å². The van der Waals surface area contributed by atoms with Crippen LogP contribution >= 0.6 is 27.7 Å². The molecule has 0 amide bonds. The first-order chi connectivity index (χ1) is 7.49. The zero-order valence-corrected chi connectivity index (χ0v) is 11.3. The highest BCUT2D eigenvalue weighted by Gasteiger charge is 2.22. The zero-order valence-electron chi connectivity index (χ0n) is 8.86. The summed E-state index contributed by atoms with van der Waals surface area (Å²) in [6, 6.07) is 4.94. The lowest BCUT2D eigenvalue weighted by molar-refractivity contribution is 0.0688. The van der Waals surface area contributed by atoms with E-state index in [0.29, 0.717) is 4.90 Å². The Hall–Kier alpha value is -0.810. The number of rotatable bonds is 4. The van der Waals surface area contributed by atoms with Gasteiger partial charge in [0.1, 0.15) is 0 Å². The third-order valence-electron chi connectivity index (χ3n) is 2.09. The molecule has 1 unspecified atom stereocenters. The van der Waals surface area contributed by atoms with E-state index in [1.165, 1.54) is 11.8 Å². The lowest BCUT2D eigenvalue weighted by atomic mass is 10.0. The second-order valence-electron chi connectivity index (χ2n) is 3.17. The van der Waals surface area contributed by atoms with E-state index in [9.17, 15) is 9.59 Å². The Labute approximate surface area is 106 Å². The van der Waals surface area contributed by atoms with Crippen molar-refractivity contribution in [2.75, 3.05) is 6.26 Å². The second-order valence-corrected chi connectivity index (χ2v) is 5.39. The van der Waals surface area contributed by atoms with Gasteiger partial charge >= 0.3 is 5.97 Å². The van der Waals surface area contributed by atoms with Crippen LogP contribution in [-0.2, 0) is 0 Å². The maximum atomic E-state index is 11.8. The number of halogens is 1. The summed E-state index contributed by atoms with van der Waals surface area (Å²) in [7, 11) is 0. The van der Waals surface area contributed by atoms with E-state index in [2.05, 4.69) is 15.9 Å². The first-order valence-corrected chi connectivity index (χ1v) is 6.71. The Kier molecular flexibility index (Phi) is 4.56. The number of alkyl halides is 1. The van der Waals surface area contributed by atoms with Gasteiger partial charge in [-0.3, -0.25) is 4.79 Å². The molecule has 3 nitrogen and oxygen atoms in total. The molecule has 1 aromatic rings. The van der Waals surface area contributed by atoms with E-state index in [-0.39, 0.29) is 21.7 Å². The molecule has 0 bridgehead atoms. The summed E-state index contributed by atoms with van der Waals surface area (Å²) >= 11 is 4.48. The SMILES string of the molecule is CSc1cccc(C(=O)C(C)Br)c1C(=O)O. The molecule has 0 saturated heterocycles. The summed E-state index contributed by atoms with van der Waals surface area (Å²) in [5, 5.41) is 9.13. The number of ketones is 1. The van der Waals surface area contributed by atoms with Gasteiger partial charge in [0, 0.05) is 10.5 Å². The predicted molar refractivity (Wildman–Crippen MR) is 67.9 cm³/mol. The van der Waals surface area contributed by atoms with Gasteiger partial charge in [0.05, 0.1) is 10.4 Å². The molecule has 16 heavy (non-hydrogen) atoms. The average molecular weight is 303 g/mol. The van der Waals surface area contributed by atoms with Crippen LogP contribution in [0.1, 0.15) is 27.6 Å². The largest absolute Gasteiger partial charge is 0.478 e. The summed E-state index contributed by atoms with van der Waals surface area (Å²) in [6.45, 7) is 1.68. The Morgan fingerprint density at radius 2 is 2.06 bits per heavy atom. The number of carbonyl (C=O) groups is 2. The minimum atomic E-state index is -1.07. The van der Waals surface area contributed by atoms with E-state index in [1.807, 2.05) is 0 Å². The zero-order chi connectivity index (χ0) is 12.3. The molecule has 5 heteroatoms. The van der Waals surface area contributed by atoms with E-state index in [0.717, 1.165) is 0 Å². The fourth-order valence-electron chi connectivity index (χ4n) is 1.34. The van der Waals surface area contributed by atoms with Crippen LogP contribution in [0.4, 0.5) is 0 Å². The molecule has 1 rings (SSSR count). The molecule has 86 valence electrons. The minimum absolute atomic E-state index is 0.0892.